The SMILES string of the molecule is CC(C)N1C(=O)CCCC(C(=O)O)C1c1cscn1. The highest BCUT2D eigenvalue weighted by Crippen LogP contribution is 2.36. The molecule has 2 rings (SSSR count). The second-order valence-corrected chi connectivity index (χ2v) is 5.81. The standard InChI is InChI=1S/C13H18N2O3S/c1-8(2)15-11(16)5-3-4-9(13(17)18)12(15)10-6-19-7-14-10/h6-9,12H,3-5H2,1-2H3,(H,17,18). The number of nitrogens with zero attached hydrogens (tertiary/aromatic N) is 2. The van der Waals surface area contributed by atoms with Crippen molar-refractivity contribution in [3.05, 3.63) is 16.6 Å². The zero-order chi connectivity index (χ0) is 14.0. The molecule has 1 fully saturated rings. The Morgan fingerprint density at radius 1 is 1.58 bits per heavy atom. The average Bonchev–Trinajstić information content (AvgIpc) is 2.78. The second-order valence-electron chi connectivity index (χ2n) is 5.09. The van der Waals surface area contributed by atoms with Gasteiger partial charge in [-0.25, -0.2) is 4.98 Å². The van der Waals surface area contributed by atoms with Crippen molar-refractivity contribution in [2.45, 2.75) is 45.2 Å². The number of carbonyl (C=O) groups is 2. The molecular weight excluding hydrogens is 264 g/mol. The molecule has 6 heteroatoms. The summed E-state index contributed by atoms with van der Waals surface area (Å²) in [7, 11) is 0. The first-order valence-corrected chi connectivity index (χ1v) is 7.38. The van der Waals surface area contributed by atoms with Crippen LogP contribution in [-0.2, 0) is 9.59 Å². The van der Waals surface area contributed by atoms with Crippen LogP contribution in [0, 0.1) is 5.92 Å². The minimum absolute atomic E-state index is 0.0248. The number of carboxylic acids is 1. The van der Waals surface area contributed by atoms with Crippen LogP contribution in [-0.4, -0.2) is 32.9 Å². The summed E-state index contributed by atoms with van der Waals surface area (Å²) in [6.07, 6.45) is 1.56. The lowest BCUT2D eigenvalue weighted by atomic mass is 9.92. The minimum Gasteiger partial charge on any atom is -0.481 e. The van der Waals surface area contributed by atoms with E-state index in [2.05, 4.69) is 4.98 Å². The number of carbonyl (C=O) groups excluding carboxylic acids is 1. The summed E-state index contributed by atoms with van der Waals surface area (Å²) >= 11 is 1.43. The third kappa shape index (κ3) is 2.78. The van der Waals surface area contributed by atoms with Crippen LogP contribution >= 0.6 is 11.3 Å². The van der Waals surface area contributed by atoms with Crippen molar-refractivity contribution in [3.63, 3.8) is 0 Å². The molecule has 1 N–H and O–H groups in total. The molecule has 0 bridgehead atoms. The van der Waals surface area contributed by atoms with E-state index in [1.54, 1.807) is 10.4 Å². The molecule has 0 aromatic carbocycles. The van der Waals surface area contributed by atoms with E-state index in [0.29, 0.717) is 25.0 Å². The van der Waals surface area contributed by atoms with Gasteiger partial charge in [-0.05, 0) is 26.7 Å². The van der Waals surface area contributed by atoms with E-state index in [1.807, 2.05) is 19.2 Å². The summed E-state index contributed by atoms with van der Waals surface area (Å²) in [5.41, 5.74) is 2.38. The summed E-state index contributed by atoms with van der Waals surface area (Å²) < 4.78 is 0. The van der Waals surface area contributed by atoms with Crippen LogP contribution in [0.2, 0.25) is 0 Å². The molecule has 0 spiro atoms. The van der Waals surface area contributed by atoms with Crippen LogP contribution in [0.5, 0.6) is 0 Å². The molecule has 0 aliphatic carbocycles. The highest BCUT2D eigenvalue weighted by Gasteiger charge is 2.40. The number of hydrogen-bond acceptors (Lipinski definition) is 4. The molecule has 5 nitrogen and oxygen atoms in total. The number of hydrogen-bond donors (Lipinski definition) is 1. The fourth-order valence-corrected chi connectivity index (χ4v) is 3.28. The highest BCUT2D eigenvalue weighted by atomic mass is 32.1. The number of amides is 1. The third-order valence-electron chi connectivity index (χ3n) is 3.50. The van der Waals surface area contributed by atoms with Crippen molar-refractivity contribution in [1.82, 2.24) is 9.88 Å². The number of likely N-dealkylation sites (tertiary alicyclic amines) is 1. The molecule has 1 aromatic rings. The van der Waals surface area contributed by atoms with E-state index in [1.165, 1.54) is 11.3 Å². The molecular formula is C13H18N2O3S. The van der Waals surface area contributed by atoms with Crippen LogP contribution < -0.4 is 0 Å². The first-order chi connectivity index (χ1) is 9.02. The lowest BCUT2D eigenvalue weighted by molar-refractivity contribution is -0.147. The fraction of sp³-hybridized carbons (Fsp3) is 0.615. The lowest BCUT2D eigenvalue weighted by Gasteiger charge is -2.35. The van der Waals surface area contributed by atoms with Crippen molar-refractivity contribution < 1.29 is 14.7 Å². The van der Waals surface area contributed by atoms with Crippen LogP contribution in [0.15, 0.2) is 10.9 Å². The monoisotopic (exact) mass is 282 g/mol. The molecule has 2 unspecified atom stereocenters. The Morgan fingerprint density at radius 3 is 2.84 bits per heavy atom. The van der Waals surface area contributed by atoms with Crippen molar-refractivity contribution in [1.29, 1.82) is 0 Å². The zero-order valence-electron chi connectivity index (χ0n) is 11.1. The average molecular weight is 282 g/mol. The smallest absolute Gasteiger partial charge is 0.309 e. The molecule has 0 saturated carbocycles. The van der Waals surface area contributed by atoms with Gasteiger partial charge in [0, 0.05) is 17.8 Å². The van der Waals surface area contributed by atoms with Gasteiger partial charge in [-0.1, -0.05) is 0 Å². The first-order valence-electron chi connectivity index (χ1n) is 6.44. The normalized spacial score (nSPS) is 24.6. The molecule has 2 heterocycles. The lowest BCUT2D eigenvalue weighted by Crippen LogP contribution is -2.43. The Kier molecular flexibility index (Phi) is 4.19. The summed E-state index contributed by atoms with van der Waals surface area (Å²) in [6, 6.07) is -0.474. The van der Waals surface area contributed by atoms with Crippen LogP contribution in [0.1, 0.15) is 44.8 Å². The predicted molar refractivity (Wildman–Crippen MR) is 71.8 cm³/mol. The van der Waals surface area contributed by atoms with Crippen molar-refractivity contribution in [3.8, 4) is 0 Å². The van der Waals surface area contributed by atoms with Gasteiger partial charge < -0.3 is 10.0 Å². The van der Waals surface area contributed by atoms with Gasteiger partial charge in [0.05, 0.1) is 23.2 Å². The summed E-state index contributed by atoms with van der Waals surface area (Å²) in [5, 5.41) is 11.3. The zero-order valence-corrected chi connectivity index (χ0v) is 11.9. The molecule has 1 saturated heterocycles. The maximum atomic E-state index is 12.2. The summed E-state index contributed by atoms with van der Waals surface area (Å²) in [5.74, 6) is -1.40. The topological polar surface area (TPSA) is 70.5 Å². The maximum absolute atomic E-state index is 12.2. The van der Waals surface area contributed by atoms with Gasteiger partial charge in [-0.3, -0.25) is 9.59 Å². The van der Waals surface area contributed by atoms with E-state index < -0.39 is 17.9 Å². The van der Waals surface area contributed by atoms with E-state index in [4.69, 9.17) is 0 Å². The van der Waals surface area contributed by atoms with Crippen LogP contribution in [0.4, 0.5) is 0 Å². The van der Waals surface area contributed by atoms with Gasteiger partial charge in [0.1, 0.15) is 0 Å². The number of aliphatic carboxylic acids is 1. The highest BCUT2D eigenvalue weighted by molar-refractivity contribution is 7.07. The second kappa shape index (κ2) is 5.69. The Bertz CT molecular complexity index is 458. The van der Waals surface area contributed by atoms with Gasteiger partial charge in [0.2, 0.25) is 5.91 Å². The van der Waals surface area contributed by atoms with Gasteiger partial charge in [0.15, 0.2) is 0 Å². The molecule has 104 valence electrons. The van der Waals surface area contributed by atoms with Gasteiger partial charge in [-0.2, -0.15) is 0 Å². The Labute approximate surface area is 116 Å². The van der Waals surface area contributed by atoms with E-state index >= 15 is 0 Å². The molecule has 1 amide bonds. The summed E-state index contributed by atoms with van der Waals surface area (Å²) in [4.78, 5) is 29.7. The molecule has 19 heavy (non-hydrogen) atoms. The Balaban J connectivity index is 2.45. The number of aromatic nitrogens is 1. The van der Waals surface area contributed by atoms with Gasteiger partial charge >= 0.3 is 5.97 Å². The fourth-order valence-electron chi connectivity index (χ4n) is 2.69. The Morgan fingerprint density at radius 2 is 2.32 bits per heavy atom. The van der Waals surface area contributed by atoms with Crippen molar-refractivity contribution >= 4 is 23.2 Å². The predicted octanol–water partition coefficient (Wildman–Crippen LogP) is 2.31. The van der Waals surface area contributed by atoms with E-state index in [9.17, 15) is 14.7 Å². The minimum atomic E-state index is -0.849. The molecule has 1 aliphatic rings. The molecule has 1 aromatic heterocycles. The molecule has 1 aliphatic heterocycles. The van der Waals surface area contributed by atoms with Crippen LogP contribution in [0.3, 0.4) is 0 Å². The van der Waals surface area contributed by atoms with Gasteiger partial charge in [-0.15, -0.1) is 11.3 Å². The quantitative estimate of drug-likeness (QED) is 0.923. The maximum Gasteiger partial charge on any atom is 0.309 e. The van der Waals surface area contributed by atoms with E-state index in [-0.39, 0.29) is 11.9 Å². The van der Waals surface area contributed by atoms with Crippen molar-refractivity contribution in [2.75, 3.05) is 0 Å². The van der Waals surface area contributed by atoms with Gasteiger partial charge in [0.25, 0.3) is 0 Å². The van der Waals surface area contributed by atoms with Crippen LogP contribution in [0.25, 0.3) is 0 Å². The first kappa shape index (κ1) is 14.0. The molecule has 0 radical (unpaired) electrons. The third-order valence-corrected chi connectivity index (χ3v) is 4.11. The number of rotatable bonds is 3. The van der Waals surface area contributed by atoms with E-state index in [0.717, 1.165) is 0 Å². The summed E-state index contributed by atoms with van der Waals surface area (Å²) in [6.45, 7) is 3.84. The van der Waals surface area contributed by atoms with Crippen molar-refractivity contribution in [2.24, 2.45) is 5.92 Å². The number of carboxylic acid groups (broad SMARTS) is 1. The molecule has 2 atom stereocenters. The Hall–Kier alpha value is -1.43. The largest absolute Gasteiger partial charge is 0.481 e. The number of thiazole rings is 1.